The first kappa shape index (κ1) is 18.3. The number of furan rings is 1. The number of rotatable bonds is 4. The van der Waals surface area contributed by atoms with E-state index in [0.29, 0.717) is 38.2 Å². The highest BCUT2D eigenvalue weighted by atomic mass is 35.5. The van der Waals surface area contributed by atoms with Gasteiger partial charge in [0.15, 0.2) is 0 Å². The van der Waals surface area contributed by atoms with Gasteiger partial charge in [-0.25, -0.2) is 9.78 Å². The second kappa shape index (κ2) is 7.50. The van der Waals surface area contributed by atoms with E-state index in [4.69, 9.17) is 27.6 Å². The summed E-state index contributed by atoms with van der Waals surface area (Å²) in [7, 11) is 0. The number of carboxylic acid groups (broad SMARTS) is 1. The molecule has 0 atom stereocenters. The van der Waals surface area contributed by atoms with Gasteiger partial charge in [-0.05, 0) is 60.7 Å². The fourth-order valence-electron chi connectivity index (χ4n) is 2.89. The summed E-state index contributed by atoms with van der Waals surface area (Å²) in [6.45, 7) is 0. The summed E-state index contributed by atoms with van der Waals surface area (Å²) in [6.07, 6.45) is 3.45. The van der Waals surface area contributed by atoms with Gasteiger partial charge in [0.2, 0.25) is 0 Å². The number of pyridine rings is 1. The number of hydrogen-bond acceptors (Lipinski definition) is 3. The van der Waals surface area contributed by atoms with Crippen LogP contribution < -0.4 is 0 Å². The Morgan fingerprint density at radius 1 is 0.964 bits per heavy atom. The molecule has 0 saturated carbocycles. The first-order chi connectivity index (χ1) is 13.5. The minimum atomic E-state index is -1.04. The SMILES string of the molecule is O=C(O)c1cc(/C=C/c2ccc(-c3cccc(Cl)c3)o2)nc2ccc(Cl)cc12. The molecule has 0 aliphatic rings. The van der Waals surface area contributed by atoms with Crippen LogP contribution in [0.4, 0.5) is 0 Å². The molecule has 0 bridgehead atoms. The van der Waals surface area contributed by atoms with Crippen LogP contribution >= 0.6 is 23.2 Å². The largest absolute Gasteiger partial charge is 0.478 e. The first-order valence-electron chi connectivity index (χ1n) is 8.37. The van der Waals surface area contributed by atoms with E-state index in [1.807, 2.05) is 30.3 Å². The van der Waals surface area contributed by atoms with Gasteiger partial charge >= 0.3 is 5.97 Å². The molecule has 4 nitrogen and oxygen atoms in total. The molecule has 4 aromatic rings. The number of benzene rings is 2. The third kappa shape index (κ3) is 3.79. The number of carboxylic acids is 1. The summed E-state index contributed by atoms with van der Waals surface area (Å²) in [5, 5.41) is 11.1. The molecule has 0 fully saturated rings. The quantitative estimate of drug-likeness (QED) is 0.408. The normalized spacial score (nSPS) is 11.4. The number of aromatic nitrogens is 1. The molecule has 28 heavy (non-hydrogen) atoms. The van der Waals surface area contributed by atoms with Crippen LogP contribution in [0.25, 0.3) is 34.4 Å². The average Bonchev–Trinajstić information content (AvgIpc) is 3.15. The van der Waals surface area contributed by atoms with Gasteiger partial charge < -0.3 is 9.52 Å². The van der Waals surface area contributed by atoms with Gasteiger partial charge in [-0.1, -0.05) is 35.3 Å². The van der Waals surface area contributed by atoms with E-state index in [1.165, 1.54) is 6.07 Å². The molecule has 2 heterocycles. The van der Waals surface area contributed by atoms with E-state index in [-0.39, 0.29) is 5.56 Å². The molecule has 0 aliphatic heterocycles. The van der Waals surface area contributed by atoms with Gasteiger partial charge in [-0.2, -0.15) is 0 Å². The van der Waals surface area contributed by atoms with Gasteiger partial charge in [-0.15, -0.1) is 0 Å². The van der Waals surface area contributed by atoms with Crippen LogP contribution in [0.1, 0.15) is 21.8 Å². The Morgan fingerprint density at radius 2 is 1.79 bits per heavy atom. The predicted octanol–water partition coefficient (Wildman–Crippen LogP) is 6.67. The van der Waals surface area contributed by atoms with Crippen molar-refractivity contribution in [1.29, 1.82) is 0 Å². The summed E-state index contributed by atoms with van der Waals surface area (Å²) in [4.78, 5) is 16.1. The molecule has 2 aromatic heterocycles. The van der Waals surface area contributed by atoms with Crippen molar-refractivity contribution < 1.29 is 14.3 Å². The Labute approximate surface area is 170 Å². The molecule has 0 aliphatic carbocycles. The summed E-state index contributed by atoms with van der Waals surface area (Å²) in [6, 6.07) is 17.6. The van der Waals surface area contributed by atoms with Gasteiger partial charge in [0.25, 0.3) is 0 Å². The second-order valence-corrected chi connectivity index (χ2v) is 6.98. The topological polar surface area (TPSA) is 63.3 Å². The van der Waals surface area contributed by atoms with Crippen molar-refractivity contribution >= 4 is 52.2 Å². The van der Waals surface area contributed by atoms with Crippen LogP contribution in [0, 0.1) is 0 Å². The minimum absolute atomic E-state index is 0.145. The van der Waals surface area contributed by atoms with E-state index in [9.17, 15) is 9.90 Å². The first-order valence-corrected chi connectivity index (χ1v) is 9.13. The molecule has 0 radical (unpaired) electrons. The van der Waals surface area contributed by atoms with Gasteiger partial charge in [0.1, 0.15) is 11.5 Å². The van der Waals surface area contributed by atoms with Crippen LogP contribution in [0.3, 0.4) is 0 Å². The minimum Gasteiger partial charge on any atom is -0.478 e. The molecule has 138 valence electrons. The van der Waals surface area contributed by atoms with E-state index in [0.717, 1.165) is 5.56 Å². The molecule has 0 amide bonds. The van der Waals surface area contributed by atoms with Crippen LogP contribution in [0.2, 0.25) is 10.0 Å². The van der Waals surface area contributed by atoms with Gasteiger partial charge in [-0.3, -0.25) is 0 Å². The number of halogens is 2. The van der Waals surface area contributed by atoms with Crippen molar-refractivity contribution in [3.8, 4) is 11.3 Å². The van der Waals surface area contributed by atoms with E-state index in [1.54, 1.807) is 36.4 Å². The third-order valence-electron chi connectivity index (χ3n) is 4.18. The molecular weight excluding hydrogens is 397 g/mol. The van der Waals surface area contributed by atoms with Crippen molar-refractivity contribution in [3.05, 3.63) is 87.7 Å². The Bertz CT molecular complexity index is 1230. The molecule has 4 rings (SSSR count). The molecule has 2 aromatic carbocycles. The van der Waals surface area contributed by atoms with Crippen LogP contribution in [-0.2, 0) is 0 Å². The zero-order valence-electron chi connectivity index (χ0n) is 14.4. The average molecular weight is 410 g/mol. The number of hydrogen-bond donors (Lipinski definition) is 1. The molecule has 1 N–H and O–H groups in total. The maximum Gasteiger partial charge on any atom is 0.336 e. The van der Waals surface area contributed by atoms with Crippen LogP contribution in [0.15, 0.2) is 65.1 Å². The number of nitrogens with zero attached hydrogens (tertiary/aromatic N) is 1. The third-order valence-corrected chi connectivity index (χ3v) is 4.65. The molecule has 0 saturated heterocycles. The van der Waals surface area contributed by atoms with Crippen molar-refractivity contribution in [2.75, 3.05) is 0 Å². The Kier molecular flexibility index (Phi) is 4.90. The number of fused-ring (bicyclic) bond motifs is 1. The smallest absolute Gasteiger partial charge is 0.336 e. The zero-order chi connectivity index (χ0) is 19.7. The molecule has 0 unspecified atom stereocenters. The van der Waals surface area contributed by atoms with Gasteiger partial charge in [0.05, 0.1) is 16.8 Å². The highest BCUT2D eigenvalue weighted by Gasteiger charge is 2.12. The van der Waals surface area contributed by atoms with E-state index >= 15 is 0 Å². The second-order valence-electron chi connectivity index (χ2n) is 6.11. The maximum atomic E-state index is 11.6. The zero-order valence-corrected chi connectivity index (χ0v) is 15.9. The predicted molar refractivity (Wildman–Crippen MR) is 112 cm³/mol. The highest BCUT2D eigenvalue weighted by Crippen LogP contribution is 2.26. The summed E-state index contributed by atoms with van der Waals surface area (Å²) in [5.41, 5.74) is 2.09. The lowest BCUT2D eigenvalue weighted by molar-refractivity contribution is 0.0699. The van der Waals surface area contributed by atoms with Crippen LogP contribution in [-0.4, -0.2) is 16.1 Å². The summed E-state index contributed by atoms with van der Waals surface area (Å²) in [5.74, 6) is 0.268. The fraction of sp³-hybridized carbons (Fsp3) is 0. The lowest BCUT2D eigenvalue weighted by atomic mass is 10.1. The van der Waals surface area contributed by atoms with Gasteiger partial charge in [0, 0.05) is 21.0 Å². The van der Waals surface area contributed by atoms with Crippen molar-refractivity contribution in [3.63, 3.8) is 0 Å². The summed E-state index contributed by atoms with van der Waals surface area (Å²) >= 11 is 12.0. The molecule has 6 heteroatoms. The van der Waals surface area contributed by atoms with Crippen molar-refractivity contribution in [2.45, 2.75) is 0 Å². The van der Waals surface area contributed by atoms with E-state index < -0.39 is 5.97 Å². The highest BCUT2D eigenvalue weighted by molar-refractivity contribution is 6.31. The monoisotopic (exact) mass is 409 g/mol. The number of carbonyl (C=O) groups is 1. The lowest BCUT2D eigenvalue weighted by Gasteiger charge is -2.04. The fourth-order valence-corrected chi connectivity index (χ4v) is 3.25. The van der Waals surface area contributed by atoms with Crippen molar-refractivity contribution in [1.82, 2.24) is 4.98 Å². The summed E-state index contributed by atoms with van der Waals surface area (Å²) < 4.78 is 5.82. The Balaban J connectivity index is 1.67. The van der Waals surface area contributed by atoms with Crippen molar-refractivity contribution in [2.24, 2.45) is 0 Å². The van der Waals surface area contributed by atoms with E-state index in [2.05, 4.69) is 4.98 Å². The molecule has 0 spiro atoms. The van der Waals surface area contributed by atoms with Crippen LogP contribution in [0.5, 0.6) is 0 Å². The standard InChI is InChI=1S/C22H13Cl2NO3/c23-14-3-1-2-13(10-14)21-9-7-17(28-21)6-5-16-12-19(22(26)27)18-11-15(24)4-8-20(18)25-16/h1-12H,(H,26,27)/b6-5+. The molecular formula is C22H13Cl2NO3. The Morgan fingerprint density at radius 3 is 2.57 bits per heavy atom. The Hall–Kier alpha value is -3.08. The lowest BCUT2D eigenvalue weighted by Crippen LogP contribution is -2.00. The number of aromatic carboxylic acids is 1. The maximum absolute atomic E-state index is 11.6.